The van der Waals surface area contributed by atoms with Crippen molar-refractivity contribution in [3.05, 3.63) is 45.9 Å². The van der Waals surface area contributed by atoms with E-state index in [0.29, 0.717) is 0 Å². The monoisotopic (exact) mass is 247 g/mol. The number of nitrogens with zero attached hydrogens (tertiary/aromatic N) is 1. The fraction of sp³-hybridized carbons (Fsp3) is 0.308. The molecule has 1 aromatic carbocycles. The third-order valence-electron chi connectivity index (χ3n) is 2.66. The molecule has 1 atom stereocenters. The second-order valence-electron chi connectivity index (χ2n) is 4.11. The summed E-state index contributed by atoms with van der Waals surface area (Å²) in [7, 11) is 0. The molecule has 0 saturated carbocycles. The summed E-state index contributed by atoms with van der Waals surface area (Å²) in [6, 6.07) is 8.18. The van der Waals surface area contributed by atoms with Crippen molar-refractivity contribution >= 4 is 17.0 Å². The first-order valence-corrected chi connectivity index (χ1v) is 6.47. The zero-order valence-corrected chi connectivity index (χ0v) is 10.9. The van der Waals surface area contributed by atoms with Crippen molar-refractivity contribution in [1.82, 2.24) is 10.3 Å². The smallest absolute Gasteiger partial charge is 0.109 e. The summed E-state index contributed by atoms with van der Waals surface area (Å²) in [6.07, 6.45) is 1.91. The van der Waals surface area contributed by atoms with E-state index >= 15 is 0 Å². The number of hydrogen-bond acceptors (Lipinski definition) is 4. The predicted molar refractivity (Wildman–Crippen MR) is 73.0 cm³/mol. The summed E-state index contributed by atoms with van der Waals surface area (Å²) >= 11 is 1.73. The highest BCUT2D eigenvalue weighted by Crippen LogP contribution is 2.20. The number of benzene rings is 1. The number of para-hydroxylation sites is 1. The Labute approximate surface area is 106 Å². The van der Waals surface area contributed by atoms with Crippen LogP contribution in [0.25, 0.3) is 0 Å². The van der Waals surface area contributed by atoms with E-state index in [1.54, 1.807) is 11.3 Å². The van der Waals surface area contributed by atoms with E-state index in [4.69, 9.17) is 5.73 Å². The van der Waals surface area contributed by atoms with E-state index < -0.39 is 0 Å². The van der Waals surface area contributed by atoms with Crippen molar-refractivity contribution in [2.24, 2.45) is 0 Å². The van der Waals surface area contributed by atoms with Gasteiger partial charge in [0, 0.05) is 23.3 Å². The SMILES string of the molecule is Cc1cnc(C(C)NCc2ccccc2N)s1. The van der Waals surface area contributed by atoms with Gasteiger partial charge in [-0.25, -0.2) is 4.98 Å². The Kier molecular flexibility index (Phi) is 3.76. The standard InChI is InChI=1S/C13H17N3S/c1-9-7-16-13(17-9)10(2)15-8-11-5-3-4-6-12(11)14/h3-7,10,15H,8,14H2,1-2H3. The Morgan fingerprint density at radius 3 is 2.82 bits per heavy atom. The zero-order valence-electron chi connectivity index (χ0n) is 10.1. The number of anilines is 1. The van der Waals surface area contributed by atoms with Gasteiger partial charge in [0.1, 0.15) is 5.01 Å². The van der Waals surface area contributed by atoms with Crippen LogP contribution in [0.5, 0.6) is 0 Å². The second kappa shape index (κ2) is 5.29. The van der Waals surface area contributed by atoms with Crippen LogP contribution in [-0.2, 0) is 6.54 Å². The number of nitrogens with one attached hydrogen (secondary N) is 1. The summed E-state index contributed by atoms with van der Waals surface area (Å²) in [6.45, 7) is 4.97. The molecule has 0 aliphatic carbocycles. The second-order valence-corrected chi connectivity index (χ2v) is 5.38. The molecule has 0 amide bonds. The Bertz CT molecular complexity index is 493. The lowest BCUT2D eigenvalue weighted by Gasteiger charge is -2.12. The molecule has 1 heterocycles. The lowest BCUT2D eigenvalue weighted by molar-refractivity contribution is 0.572. The fourth-order valence-corrected chi connectivity index (χ4v) is 2.42. The van der Waals surface area contributed by atoms with E-state index in [1.165, 1.54) is 4.88 Å². The quantitative estimate of drug-likeness (QED) is 0.817. The van der Waals surface area contributed by atoms with Gasteiger partial charge in [-0.1, -0.05) is 18.2 Å². The van der Waals surface area contributed by atoms with Gasteiger partial charge in [0.25, 0.3) is 0 Å². The van der Waals surface area contributed by atoms with Crippen LogP contribution in [0, 0.1) is 6.92 Å². The van der Waals surface area contributed by atoms with Gasteiger partial charge in [-0.2, -0.15) is 0 Å². The fourth-order valence-electron chi connectivity index (χ4n) is 1.62. The topological polar surface area (TPSA) is 50.9 Å². The van der Waals surface area contributed by atoms with Gasteiger partial charge < -0.3 is 11.1 Å². The largest absolute Gasteiger partial charge is 0.398 e. The van der Waals surface area contributed by atoms with Gasteiger partial charge in [-0.05, 0) is 25.5 Å². The van der Waals surface area contributed by atoms with Gasteiger partial charge in [0.15, 0.2) is 0 Å². The predicted octanol–water partition coefficient (Wildman–Crippen LogP) is 2.88. The highest BCUT2D eigenvalue weighted by molar-refractivity contribution is 7.11. The minimum Gasteiger partial charge on any atom is -0.398 e. The Morgan fingerprint density at radius 1 is 1.41 bits per heavy atom. The third-order valence-corrected chi connectivity index (χ3v) is 3.76. The molecule has 0 aliphatic rings. The lowest BCUT2D eigenvalue weighted by atomic mass is 10.2. The molecule has 3 nitrogen and oxygen atoms in total. The van der Waals surface area contributed by atoms with Gasteiger partial charge in [0.05, 0.1) is 6.04 Å². The number of hydrogen-bond donors (Lipinski definition) is 2. The number of nitrogen functional groups attached to an aromatic ring is 1. The molecule has 0 aliphatic heterocycles. The van der Waals surface area contributed by atoms with Gasteiger partial charge in [0.2, 0.25) is 0 Å². The summed E-state index contributed by atoms with van der Waals surface area (Å²) in [5.74, 6) is 0. The van der Waals surface area contributed by atoms with Crippen LogP contribution in [0.3, 0.4) is 0 Å². The highest BCUT2D eigenvalue weighted by atomic mass is 32.1. The average molecular weight is 247 g/mol. The van der Waals surface area contributed by atoms with Crippen LogP contribution < -0.4 is 11.1 Å². The Balaban J connectivity index is 1.97. The van der Waals surface area contributed by atoms with Crippen molar-refractivity contribution in [2.45, 2.75) is 26.4 Å². The molecule has 17 heavy (non-hydrogen) atoms. The summed E-state index contributed by atoms with van der Waals surface area (Å²) in [5.41, 5.74) is 7.86. The third kappa shape index (κ3) is 3.05. The summed E-state index contributed by atoms with van der Waals surface area (Å²) in [4.78, 5) is 5.62. The zero-order chi connectivity index (χ0) is 12.3. The van der Waals surface area contributed by atoms with E-state index in [1.807, 2.05) is 30.5 Å². The maximum Gasteiger partial charge on any atom is 0.109 e. The van der Waals surface area contributed by atoms with E-state index in [0.717, 1.165) is 22.8 Å². The maximum absolute atomic E-state index is 5.90. The van der Waals surface area contributed by atoms with Crippen LogP contribution in [0.1, 0.15) is 28.4 Å². The van der Waals surface area contributed by atoms with Crippen molar-refractivity contribution in [3.8, 4) is 0 Å². The molecule has 4 heteroatoms. The molecule has 90 valence electrons. The molecule has 3 N–H and O–H groups in total. The molecule has 0 saturated heterocycles. The molecular formula is C13H17N3S. The first-order valence-electron chi connectivity index (χ1n) is 5.66. The van der Waals surface area contributed by atoms with Crippen molar-refractivity contribution < 1.29 is 0 Å². The molecule has 1 aromatic heterocycles. The molecule has 0 radical (unpaired) electrons. The number of thiazole rings is 1. The number of aromatic nitrogens is 1. The molecule has 2 aromatic rings. The van der Waals surface area contributed by atoms with Crippen molar-refractivity contribution in [1.29, 1.82) is 0 Å². The summed E-state index contributed by atoms with van der Waals surface area (Å²) < 4.78 is 0. The van der Waals surface area contributed by atoms with Gasteiger partial charge >= 0.3 is 0 Å². The minimum absolute atomic E-state index is 0.258. The Morgan fingerprint density at radius 2 is 2.18 bits per heavy atom. The van der Waals surface area contributed by atoms with Crippen LogP contribution >= 0.6 is 11.3 Å². The highest BCUT2D eigenvalue weighted by Gasteiger charge is 2.09. The minimum atomic E-state index is 0.258. The maximum atomic E-state index is 5.90. The molecule has 2 rings (SSSR count). The number of rotatable bonds is 4. The average Bonchev–Trinajstić information content (AvgIpc) is 2.74. The molecule has 0 spiro atoms. The van der Waals surface area contributed by atoms with Crippen LogP contribution in [0.4, 0.5) is 5.69 Å². The molecular weight excluding hydrogens is 230 g/mol. The molecule has 0 fully saturated rings. The number of aryl methyl sites for hydroxylation is 1. The van der Waals surface area contributed by atoms with Crippen LogP contribution in [0.15, 0.2) is 30.5 Å². The van der Waals surface area contributed by atoms with Crippen LogP contribution in [0.2, 0.25) is 0 Å². The Hall–Kier alpha value is -1.39. The summed E-state index contributed by atoms with van der Waals surface area (Å²) in [5, 5.41) is 4.56. The van der Waals surface area contributed by atoms with Crippen molar-refractivity contribution in [3.63, 3.8) is 0 Å². The van der Waals surface area contributed by atoms with Crippen molar-refractivity contribution in [2.75, 3.05) is 5.73 Å². The lowest BCUT2D eigenvalue weighted by Crippen LogP contribution is -2.18. The molecule has 1 unspecified atom stereocenters. The molecule has 0 bridgehead atoms. The van der Waals surface area contributed by atoms with Gasteiger partial charge in [-0.15, -0.1) is 11.3 Å². The normalized spacial score (nSPS) is 12.6. The first-order chi connectivity index (χ1) is 8.16. The van der Waals surface area contributed by atoms with E-state index in [2.05, 4.69) is 24.1 Å². The first kappa shape index (κ1) is 12.1. The van der Waals surface area contributed by atoms with E-state index in [-0.39, 0.29) is 6.04 Å². The van der Waals surface area contributed by atoms with E-state index in [9.17, 15) is 0 Å². The van der Waals surface area contributed by atoms with Crippen LogP contribution in [-0.4, -0.2) is 4.98 Å². The number of nitrogens with two attached hydrogens (primary N) is 1. The van der Waals surface area contributed by atoms with Gasteiger partial charge in [-0.3, -0.25) is 0 Å².